The summed E-state index contributed by atoms with van der Waals surface area (Å²) < 4.78 is 1.42. The van der Waals surface area contributed by atoms with Gasteiger partial charge in [-0.1, -0.05) is 103 Å². The van der Waals surface area contributed by atoms with Crippen LogP contribution in [0.4, 0.5) is 0 Å². The quantitative estimate of drug-likeness (QED) is 0.290. The zero-order valence-electron chi connectivity index (χ0n) is 18.8. The van der Waals surface area contributed by atoms with Crippen LogP contribution >= 0.6 is 0 Å². The molecular formula is C26H46N+. The lowest BCUT2D eigenvalue weighted by atomic mass is 10.1. The first-order chi connectivity index (χ1) is 13.1. The molecule has 0 fully saturated rings. The van der Waals surface area contributed by atoms with E-state index < -0.39 is 0 Å². The molecule has 0 unspecified atom stereocenters. The van der Waals surface area contributed by atoms with Gasteiger partial charge in [-0.25, -0.2) is 0 Å². The van der Waals surface area contributed by atoms with Crippen LogP contribution in [0.3, 0.4) is 0 Å². The van der Waals surface area contributed by atoms with Gasteiger partial charge in [-0.15, -0.1) is 0 Å². The van der Waals surface area contributed by atoms with Crippen LogP contribution in [-0.4, -0.2) is 30.7 Å². The molecule has 0 spiro atoms. The second kappa shape index (κ2) is 16.8. The summed E-state index contributed by atoms with van der Waals surface area (Å²) in [7, 11) is 0. The van der Waals surface area contributed by atoms with Crippen molar-refractivity contribution >= 4 is 12.2 Å². The van der Waals surface area contributed by atoms with Crippen molar-refractivity contribution in [2.24, 2.45) is 0 Å². The third kappa shape index (κ3) is 11.2. The van der Waals surface area contributed by atoms with E-state index in [0.29, 0.717) is 0 Å². The Balaban J connectivity index is 0.000000569. The fourth-order valence-corrected chi connectivity index (χ4v) is 3.53. The summed E-state index contributed by atoms with van der Waals surface area (Å²) >= 11 is 0. The Morgan fingerprint density at radius 3 is 1.15 bits per heavy atom. The van der Waals surface area contributed by atoms with Gasteiger partial charge in [0.1, 0.15) is 0 Å². The molecule has 0 aliphatic rings. The Morgan fingerprint density at radius 1 is 0.630 bits per heavy atom. The number of hydrogen-bond donors (Lipinski definition) is 0. The monoisotopic (exact) mass is 372 g/mol. The molecule has 0 aliphatic heterocycles. The van der Waals surface area contributed by atoms with Crippen LogP contribution in [0.5, 0.6) is 0 Å². The maximum Gasteiger partial charge on any atom is 0.0786 e. The maximum atomic E-state index is 3.69. The van der Waals surface area contributed by atoms with Crippen molar-refractivity contribution in [2.75, 3.05) is 26.2 Å². The Morgan fingerprint density at radius 2 is 0.926 bits per heavy atom. The van der Waals surface area contributed by atoms with Gasteiger partial charge in [0.15, 0.2) is 0 Å². The summed E-state index contributed by atoms with van der Waals surface area (Å²) in [4.78, 5) is 0. The molecule has 1 nitrogen and oxygen atoms in total. The molecule has 0 bridgehead atoms. The zero-order valence-corrected chi connectivity index (χ0v) is 18.8. The summed E-state index contributed by atoms with van der Waals surface area (Å²) in [5.41, 5.74) is 2.27. The Labute approximate surface area is 170 Å². The number of benzene rings is 1. The van der Waals surface area contributed by atoms with E-state index in [1.807, 2.05) is 36.4 Å². The molecule has 0 aliphatic carbocycles. The summed E-state index contributed by atoms with van der Waals surface area (Å²) in [6.45, 7) is 22.4. The molecular weight excluding hydrogens is 326 g/mol. The van der Waals surface area contributed by atoms with Gasteiger partial charge >= 0.3 is 0 Å². The largest absolute Gasteiger partial charge is 0.324 e. The molecule has 0 radical (unpaired) electrons. The lowest BCUT2D eigenvalue weighted by molar-refractivity contribution is -0.929. The Hall–Kier alpha value is -1.34. The number of nitrogens with zero attached hydrogens (tertiary/aromatic N) is 1. The first kappa shape index (κ1) is 25.7. The number of hydrogen-bond acceptors (Lipinski definition) is 0. The predicted octanol–water partition coefficient (Wildman–Crippen LogP) is 7.98. The second-order valence-electron chi connectivity index (χ2n) is 7.69. The van der Waals surface area contributed by atoms with Crippen LogP contribution in [0.15, 0.2) is 37.4 Å². The lowest BCUT2D eigenvalue weighted by Crippen LogP contribution is -2.50. The SMILES string of the molecule is C=Cc1ccccc1C=C.CCCC[N+](CCCC)(CCCC)CCCC. The van der Waals surface area contributed by atoms with E-state index in [2.05, 4.69) is 40.9 Å². The minimum absolute atomic E-state index is 1.14. The number of quaternary nitrogens is 1. The average molecular weight is 373 g/mol. The maximum absolute atomic E-state index is 3.69. The minimum Gasteiger partial charge on any atom is -0.324 e. The van der Waals surface area contributed by atoms with Gasteiger partial charge in [0, 0.05) is 0 Å². The number of rotatable bonds is 14. The summed E-state index contributed by atoms with van der Waals surface area (Å²) in [6.07, 6.45) is 14.7. The van der Waals surface area contributed by atoms with Crippen molar-refractivity contribution in [3.8, 4) is 0 Å². The smallest absolute Gasteiger partial charge is 0.0786 e. The van der Waals surface area contributed by atoms with Crippen molar-refractivity contribution in [1.82, 2.24) is 0 Å². The summed E-state index contributed by atoms with van der Waals surface area (Å²) in [5.74, 6) is 0. The first-order valence-corrected chi connectivity index (χ1v) is 11.3. The van der Waals surface area contributed by atoms with Crippen LogP contribution in [0.2, 0.25) is 0 Å². The van der Waals surface area contributed by atoms with Crippen molar-refractivity contribution in [3.05, 3.63) is 48.6 Å². The highest BCUT2D eigenvalue weighted by Gasteiger charge is 2.24. The molecule has 1 rings (SSSR count). The van der Waals surface area contributed by atoms with Crippen molar-refractivity contribution in [2.45, 2.75) is 79.1 Å². The van der Waals surface area contributed by atoms with E-state index in [9.17, 15) is 0 Å². The zero-order chi connectivity index (χ0) is 20.4. The van der Waals surface area contributed by atoms with Gasteiger partial charge in [0.05, 0.1) is 26.2 Å². The highest BCUT2D eigenvalue weighted by molar-refractivity contribution is 5.63. The van der Waals surface area contributed by atoms with E-state index in [1.165, 1.54) is 82.0 Å². The molecule has 154 valence electrons. The summed E-state index contributed by atoms with van der Waals surface area (Å²) in [5, 5.41) is 0. The molecule has 1 aromatic carbocycles. The molecule has 0 N–H and O–H groups in total. The van der Waals surface area contributed by atoms with Gasteiger partial charge in [0.25, 0.3) is 0 Å². The van der Waals surface area contributed by atoms with Crippen molar-refractivity contribution in [1.29, 1.82) is 0 Å². The molecule has 0 heterocycles. The fraction of sp³-hybridized carbons (Fsp3) is 0.615. The van der Waals surface area contributed by atoms with Gasteiger partial charge < -0.3 is 4.48 Å². The lowest BCUT2D eigenvalue weighted by Gasteiger charge is -2.39. The first-order valence-electron chi connectivity index (χ1n) is 11.3. The normalized spacial score (nSPS) is 10.8. The Bertz CT molecular complexity index is 424. The highest BCUT2D eigenvalue weighted by Crippen LogP contribution is 2.16. The van der Waals surface area contributed by atoms with Gasteiger partial charge in [-0.3, -0.25) is 0 Å². The van der Waals surface area contributed by atoms with Crippen LogP contribution in [-0.2, 0) is 0 Å². The topological polar surface area (TPSA) is 0 Å². The standard InChI is InChI=1S/C16H36N.C10H10/c1-5-9-13-17(14-10-6-2,15-11-7-3)16-12-8-4;1-3-9-7-5-6-8-10(9)4-2/h5-16H2,1-4H3;3-8H,1-2H2/q+1;. The highest BCUT2D eigenvalue weighted by atomic mass is 15.3. The second-order valence-corrected chi connectivity index (χ2v) is 7.69. The minimum atomic E-state index is 1.14. The Kier molecular flexibility index (Phi) is 16.0. The predicted molar refractivity (Wildman–Crippen MR) is 126 cm³/mol. The van der Waals surface area contributed by atoms with Crippen LogP contribution in [0.1, 0.15) is 90.2 Å². The third-order valence-corrected chi connectivity index (χ3v) is 5.38. The van der Waals surface area contributed by atoms with E-state index in [1.54, 1.807) is 0 Å². The van der Waals surface area contributed by atoms with Gasteiger partial charge in [-0.2, -0.15) is 0 Å². The van der Waals surface area contributed by atoms with E-state index >= 15 is 0 Å². The number of unbranched alkanes of at least 4 members (excludes halogenated alkanes) is 4. The van der Waals surface area contributed by atoms with E-state index in [4.69, 9.17) is 0 Å². The van der Waals surface area contributed by atoms with Gasteiger partial charge in [0.2, 0.25) is 0 Å². The van der Waals surface area contributed by atoms with Crippen LogP contribution in [0, 0.1) is 0 Å². The molecule has 1 aromatic rings. The molecule has 0 saturated carbocycles. The summed E-state index contributed by atoms with van der Waals surface area (Å²) in [6, 6.07) is 8.02. The van der Waals surface area contributed by atoms with Crippen molar-refractivity contribution in [3.63, 3.8) is 0 Å². The fourth-order valence-electron chi connectivity index (χ4n) is 3.53. The third-order valence-electron chi connectivity index (χ3n) is 5.38. The molecule has 1 heteroatoms. The molecule has 0 aromatic heterocycles. The average Bonchev–Trinajstić information content (AvgIpc) is 2.73. The van der Waals surface area contributed by atoms with Crippen LogP contribution < -0.4 is 0 Å². The van der Waals surface area contributed by atoms with E-state index in [-0.39, 0.29) is 0 Å². The molecule has 27 heavy (non-hydrogen) atoms. The molecule has 0 saturated heterocycles. The van der Waals surface area contributed by atoms with Crippen molar-refractivity contribution < 1.29 is 4.48 Å². The van der Waals surface area contributed by atoms with Gasteiger partial charge in [-0.05, 0) is 36.8 Å². The van der Waals surface area contributed by atoms with Crippen LogP contribution in [0.25, 0.3) is 12.2 Å². The van der Waals surface area contributed by atoms with E-state index in [0.717, 1.165) is 11.1 Å². The molecule has 0 atom stereocenters. The molecule has 0 amide bonds.